The number of likely N-dealkylation sites (tertiary alicyclic amines) is 1. The van der Waals surface area contributed by atoms with Gasteiger partial charge >= 0.3 is 12.3 Å². The molecule has 4 rings (SSSR count). The Kier molecular flexibility index (Phi) is 9.28. The van der Waals surface area contributed by atoms with Crippen molar-refractivity contribution in [3.8, 4) is 5.75 Å². The van der Waals surface area contributed by atoms with E-state index >= 15 is 0 Å². The molecule has 40 heavy (non-hydrogen) atoms. The van der Waals surface area contributed by atoms with E-state index in [4.69, 9.17) is 18.9 Å². The van der Waals surface area contributed by atoms with Gasteiger partial charge in [0.15, 0.2) is 0 Å². The van der Waals surface area contributed by atoms with Gasteiger partial charge < -0.3 is 23.8 Å². The fourth-order valence-corrected chi connectivity index (χ4v) is 6.21. The maximum Gasteiger partial charge on any atom is 0.427 e. The van der Waals surface area contributed by atoms with E-state index in [1.54, 1.807) is 42.5 Å². The summed E-state index contributed by atoms with van der Waals surface area (Å²) in [6.45, 7) is -0.496. The van der Waals surface area contributed by atoms with E-state index < -0.39 is 46.6 Å². The molecule has 2 aromatic carbocycles. The highest BCUT2D eigenvalue weighted by Crippen LogP contribution is 2.39. The number of hydrogen-bond acceptors (Lipinski definition) is 7. The zero-order chi connectivity index (χ0) is 29.0. The standard InChI is InChI=1S/C27H33F3N2O7S/c1-31(40(34,35)23-6-4-3-5-7-23)21-16-26(38-18-21)12-14-32(15-13-26)25(33)39-24(27(28,29)30)19-37-17-20-8-10-22(36-2)11-9-20/h3-11,21,24H,12-19H2,1-2H3/t21-,24-/m1/s1. The molecule has 0 N–H and O–H groups in total. The Morgan fingerprint density at radius 2 is 1.77 bits per heavy atom. The summed E-state index contributed by atoms with van der Waals surface area (Å²) in [4.78, 5) is 14.0. The van der Waals surface area contributed by atoms with Crippen molar-refractivity contribution in [1.29, 1.82) is 0 Å². The molecule has 1 spiro atoms. The number of carbonyl (C=O) groups is 1. The fraction of sp³-hybridized carbons (Fsp3) is 0.519. The molecule has 0 radical (unpaired) electrons. The van der Waals surface area contributed by atoms with Gasteiger partial charge in [-0.25, -0.2) is 13.2 Å². The minimum atomic E-state index is -4.80. The molecule has 0 bridgehead atoms. The van der Waals surface area contributed by atoms with Gasteiger partial charge in [0.25, 0.3) is 0 Å². The number of carbonyl (C=O) groups excluding carboxylic acids is 1. The zero-order valence-corrected chi connectivity index (χ0v) is 23.1. The van der Waals surface area contributed by atoms with Crippen molar-refractivity contribution < 1.29 is 45.3 Å². The van der Waals surface area contributed by atoms with Crippen molar-refractivity contribution in [2.24, 2.45) is 0 Å². The first-order chi connectivity index (χ1) is 18.9. The number of halogens is 3. The molecule has 0 unspecified atom stereocenters. The Morgan fingerprint density at radius 1 is 1.12 bits per heavy atom. The largest absolute Gasteiger partial charge is 0.497 e. The Hall–Kier alpha value is -2.87. The first-order valence-corrected chi connectivity index (χ1v) is 14.3. The third-order valence-electron chi connectivity index (χ3n) is 7.36. The van der Waals surface area contributed by atoms with Gasteiger partial charge in [-0.15, -0.1) is 0 Å². The van der Waals surface area contributed by atoms with Crippen LogP contribution >= 0.6 is 0 Å². The second kappa shape index (κ2) is 12.3. The molecule has 2 aliphatic rings. The summed E-state index contributed by atoms with van der Waals surface area (Å²) >= 11 is 0. The van der Waals surface area contributed by atoms with Gasteiger partial charge in [0, 0.05) is 20.1 Å². The predicted octanol–water partition coefficient (Wildman–Crippen LogP) is 4.22. The van der Waals surface area contributed by atoms with Crippen LogP contribution in [-0.2, 0) is 30.8 Å². The van der Waals surface area contributed by atoms with Gasteiger partial charge in [0.2, 0.25) is 16.1 Å². The van der Waals surface area contributed by atoms with Gasteiger partial charge in [-0.1, -0.05) is 30.3 Å². The summed E-state index contributed by atoms with van der Waals surface area (Å²) < 4.78 is 89.1. The SMILES string of the molecule is COc1ccc(COC[C@@H](OC(=O)N2CCC3(CC2)C[C@@H](N(C)S(=O)(=O)c2ccccc2)CO3)C(F)(F)F)cc1. The van der Waals surface area contributed by atoms with Crippen molar-refractivity contribution in [3.05, 3.63) is 60.2 Å². The molecule has 2 fully saturated rings. The second-order valence-electron chi connectivity index (χ2n) is 9.95. The van der Waals surface area contributed by atoms with E-state index in [1.165, 1.54) is 35.5 Å². The Balaban J connectivity index is 1.28. The van der Waals surface area contributed by atoms with Crippen LogP contribution in [0.1, 0.15) is 24.8 Å². The van der Waals surface area contributed by atoms with Gasteiger partial charge in [0.1, 0.15) is 5.75 Å². The van der Waals surface area contributed by atoms with E-state index in [2.05, 4.69) is 0 Å². The average molecular weight is 587 g/mol. The Labute approximate surface area is 231 Å². The van der Waals surface area contributed by atoms with E-state index in [9.17, 15) is 26.4 Å². The molecule has 2 atom stereocenters. The van der Waals surface area contributed by atoms with Gasteiger partial charge in [-0.2, -0.15) is 17.5 Å². The van der Waals surface area contributed by atoms with Crippen molar-refractivity contribution in [2.45, 2.75) is 54.7 Å². The number of ether oxygens (including phenoxy) is 4. The molecule has 9 nitrogen and oxygen atoms in total. The van der Waals surface area contributed by atoms with Crippen LogP contribution in [0.25, 0.3) is 0 Å². The van der Waals surface area contributed by atoms with E-state index in [1.807, 2.05) is 0 Å². The number of benzene rings is 2. The lowest BCUT2D eigenvalue weighted by molar-refractivity contribution is -0.220. The van der Waals surface area contributed by atoms with Crippen LogP contribution in [0, 0.1) is 0 Å². The highest BCUT2D eigenvalue weighted by atomic mass is 32.2. The van der Waals surface area contributed by atoms with Crippen molar-refractivity contribution in [2.75, 3.05) is 40.5 Å². The number of piperidine rings is 1. The minimum absolute atomic E-state index is 0.0900. The molecule has 0 saturated carbocycles. The lowest BCUT2D eigenvalue weighted by atomic mass is 9.87. The lowest BCUT2D eigenvalue weighted by Crippen LogP contribution is -2.49. The summed E-state index contributed by atoms with van der Waals surface area (Å²) in [7, 11) is -0.698. The number of rotatable bonds is 9. The highest BCUT2D eigenvalue weighted by molar-refractivity contribution is 7.89. The van der Waals surface area contributed by atoms with Gasteiger partial charge in [-0.3, -0.25) is 0 Å². The quantitative estimate of drug-likeness (QED) is 0.434. The molecule has 0 aliphatic carbocycles. The molecular weight excluding hydrogens is 553 g/mol. The molecule has 220 valence electrons. The summed E-state index contributed by atoms with van der Waals surface area (Å²) in [6.07, 6.45) is -7.18. The number of amides is 1. The molecule has 13 heteroatoms. The summed E-state index contributed by atoms with van der Waals surface area (Å²) in [5.74, 6) is 0.608. The van der Waals surface area contributed by atoms with Crippen molar-refractivity contribution >= 4 is 16.1 Å². The van der Waals surface area contributed by atoms with E-state index in [0.29, 0.717) is 30.6 Å². The number of alkyl halides is 3. The van der Waals surface area contributed by atoms with Crippen LogP contribution in [0.4, 0.5) is 18.0 Å². The van der Waals surface area contributed by atoms with E-state index in [0.717, 1.165) is 0 Å². The number of methoxy groups -OCH3 is 1. The molecule has 2 aliphatic heterocycles. The molecule has 2 saturated heterocycles. The average Bonchev–Trinajstić information content (AvgIpc) is 3.35. The predicted molar refractivity (Wildman–Crippen MR) is 138 cm³/mol. The Bertz CT molecular complexity index is 1240. The summed E-state index contributed by atoms with van der Waals surface area (Å²) in [6, 6.07) is 14.4. The van der Waals surface area contributed by atoms with Crippen LogP contribution in [0.5, 0.6) is 5.75 Å². The van der Waals surface area contributed by atoms with Crippen LogP contribution in [0.15, 0.2) is 59.5 Å². The number of sulfonamides is 1. The Morgan fingerprint density at radius 3 is 2.38 bits per heavy atom. The van der Waals surface area contributed by atoms with E-state index in [-0.39, 0.29) is 31.2 Å². The van der Waals surface area contributed by atoms with Gasteiger partial charge in [-0.05, 0) is 49.1 Å². The van der Waals surface area contributed by atoms with Crippen molar-refractivity contribution in [1.82, 2.24) is 9.21 Å². The zero-order valence-electron chi connectivity index (χ0n) is 22.3. The molecule has 2 heterocycles. The molecular formula is C27H33F3N2O7S. The maximum atomic E-state index is 13.6. The lowest BCUT2D eigenvalue weighted by Gasteiger charge is -2.38. The van der Waals surface area contributed by atoms with Crippen LogP contribution in [0.2, 0.25) is 0 Å². The smallest absolute Gasteiger partial charge is 0.427 e. The third kappa shape index (κ3) is 7.06. The third-order valence-corrected chi connectivity index (χ3v) is 9.29. The van der Waals surface area contributed by atoms with Crippen LogP contribution in [0.3, 0.4) is 0 Å². The monoisotopic (exact) mass is 586 g/mol. The first-order valence-electron chi connectivity index (χ1n) is 12.8. The minimum Gasteiger partial charge on any atom is -0.497 e. The number of likely N-dealkylation sites (N-methyl/N-ethyl adjacent to an activating group) is 1. The van der Waals surface area contributed by atoms with Crippen LogP contribution in [-0.4, -0.2) is 88.1 Å². The van der Waals surface area contributed by atoms with Gasteiger partial charge in [0.05, 0.1) is 43.5 Å². The maximum absolute atomic E-state index is 13.6. The number of nitrogens with zero attached hydrogens (tertiary/aromatic N) is 2. The summed E-state index contributed by atoms with van der Waals surface area (Å²) in [5, 5.41) is 0. The highest BCUT2D eigenvalue weighted by Gasteiger charge is 2.48. The summed E-state index contributed by atoms with van der Waals surface area (Å²) in [5.41, 5.74) is -0.0150. The first kappa shape index (κ1) is 30.1. The normalized spacial score (nSPS) is 20.1. The topological polar surface area (TPSA) is 94.6 Å². The van der Waals surface area contributed by atoms with Crippen molar-refractivity contribution in [3.63, 3.8) is 0 Å². The molecule has 0 aromatic heterocycles. The second-order valence-corrected chi connectivity index (χ2v) is 11.9. The molecule has 2 aromatic rings. The number of hydrogen-bond donors (Lipinski definition) is 0. The fourth-order valence-electron chi connectivity index (χ4n) is 4.85. The molecule has 1 amide bonds. The van der Waals surface area contributed by atoms with Crippen LogP contribution < -0.4 is 4.74 Å².